The number of nitrogens with zero attached hydrogens (tertiary/aromatic N) is 1. The van der Waals surface area contributed by atoms with Crippen LogP contribution in [0.1, 0.15) is 33.9 Å². The lowest BCUT2D eigenvalue weighted by Crippen LogP contribution is -2.42. The maximum absolute atomic E-state index is 14.1. The Morgan fingerprint density at radius 1 is 1.02 bits per heavy atom. The first-order chi connectivity index (χ1) is 23.4. The van der Waals surface area contributed by atoms with Crippen molar-refractivity contribution in [3.63, 3.8) is 0 Å². The predicted octanol–water partition coefficient (Wildman–Crippen LogP) is 7.11. The van der Waals surface area contributed by atoms with Crippen molar-refractivity contribution >= 4 is 63.8 Å². The smallest absolute Gasteiger partial charge is 0.418 e. The van der Waals surface area contributed by atoms with E-state index in [1.165, 1.54) is 30.0 Å². The molecule has 4 aliphatic rings. The van der Waals surface area contributed by atoms with Gasteiger partial charge in [0.2, 0.25) is 11.8 Å². The number of ether oxygens (including phenoxy) is 1. The van der Waals surface area contributed by atoms with Crippen molar-refractivity contribution in [1.29, 1.82) is 0 Å². The van der Waals surface area contributed by atoms with Gasteiger partial charge in [0.15, 0.2) is 6.61 Å². The van der Waals surface area contributed by atoms with Crippen LogP contribution in [0.15, 0.2) is 76.6 Å². The molecule has 4 aromatic rings. The molecule has 2 N–H and O–H groups in total. The number of aromatic amines is 1. The molecule has 3 heterocycles. The van der Waals surface area contributed by atoms with Crippen LogP contribution in [0.2, 0.25) is 5.02 Å². The number of thioether (sulfide) groups is 1. The van der Waals surface area contributed by atoms with Gasteiger partial charge in [0.1, 0.15) is 5.75 Å². The Balaban J connectivity index is 1.15. The highest BCUT2D eigenvalue weighted by atomic mass is 35.5. The van der Waals surface area contributed by atoms with Crippen LogP contribution in [0.5, 0.6) is 5.75 Å². The Bertz CT molecular complexity index is 2100. The molecule has 0 radical (unpaired) electrons. The molecule has 2 aliphatic carbocycles. The standard InChI is InChI=1S/C35H27ClF3N3O5S2/c1-15-5-4-6-17(11-15)40-24(43)14-47-23-10-9-16(36)12-18(23)25-26-19-13-20(29(26)48-31-30(25)49-34(46)41-31)28-27(19)32(44)42(33(28)45)22-8-3-2-7-21(22)35(37,38)39/h2-12,19-20,25-29H,13-14H2,1H3,(H,40,43)(H,41,46)/t19-,20-,25+,26-,27+,28+,29-/m1/s1. The number of hydrogen-bond donors (Lipinski definition) is 2. The summed E-state index contributed by atoms with van der Waals surface area (Å²) >= 11 is 9.04. The van der Waals surface area contributed by atoms with Crippen LogP contribution in [0.4, 0.5) is 24.5 Å². The number of carbonyl (C=O) groups excluding carboxylic acids is 3. The number of aromatic nitrogens is 1. The number of H-pyrrole nitrogens is 1. The molecule has 49 heavy (non-hydrogen) atoms. The predicted molar refractivity (Wildman–Crippen MR) is 179 cm³/mol. The normalized spacial score (nSPS) is 26.8. The third-order valence-corrected chi connectivity index (χ3v) is 13.0. The number of aryl methyl sites for hydroxylation is 1. The fourth-order valence-corrected chi connectivity index (χ4v) is 11.5. The first-order valence-electron chi connectivity index (χ1n) is 15.6. The van der Waals surface area contributed by atoms with Gasteiger partial charge in [0.05, 0.1) is 28.1 Å². The molecule has 3 aromatic carbocycles. The third-order valence-electron chi connectivity index (χ3n) is 10.1. The molecule has 2 bridgehead atoms. The largest absolute Gasteiger partial charge is 0.483 e. The molecule has 7 atom stereocenters. The molecule has 8 nitrogen and oxygen atoms in total. The summed E-state index contributed by atoms with van der Waals surface area (Å²) in [5.74, 6) is -4.29. The summed E-state index contributed by atoms with van der Waals surface area (Å²) in [5.41, 5.74) is 0.735. The second kappa shape index (κ2) is 11.8. The van der Waals surface area contributed by atoms with Crippen molar-refractivity contribution in [3.8, 4) is 5.75 Å². The monoisotopic (exact) mass is 725 g/mol. The molecule has 8 rings (SSSR count). The maximum Gasteiger partial charge on any atom is 0.418 e. The van der Waals surface area contributed by atoms with Gasteiger partial charge >= 0.3 is 11.0 Å². The first-order valence-corrected chi connectivity index (χ1v) is 17.7. The van der Waals surface area contributed by atoms with Crippen LogP contribution in [0, 0.1) is 36.5 Å². The number of para-hydroxylation sites is 1. The fraction of sp³-hybridized carbons (Fsp3) is 0.314. The number of fused-ring (bicyclic) bond motifs is 9. The zero-order chi connectivity index (χ0) is 34.4. The first kappa shape index (κ1) is 32.2. The van der Waals surface area contributed by atoms with Crippen molar-refractivity contribution in [2.24, 2.45) is 29.6 Å². The van der Waals surface area contributed by atoms with E-state index in [4.69, 9.17) is 16.3 Å². The van der Waals surface area contributed by atoms with Gasteiger partial charge in [-0.25, -0.2) is 4.90 Å². The summed E-state index contributed by atoms with van der Waals surface area (Å²) in [6, 6.07) is 17.0. The van der Waals surface area contributed by atoms with E-state index in [1.807, 2.05) is 25.1 Å². The fourth-order valence-electron chi connectivity index (χ4n) is 8.47. The number of rotatable bonds is 6. The van der Waals surface area contributed by atoms with E-state index in [2.05, 4.69) is 10.3 Å². The Labute approximate surface area is 291 Å². The van der Waals surface area contributed by atoms with E-state index in [1.54, 1.807) is 24.3 Å². The number of alkyl halides is 3. The third kappa shape index (κ3) is 5.28. The second-order valence-electron chi connectivity index (χ2n) is 12.9. The van der Waals surface area contributed by atoms with Crippen LogP contribution in [-0.4, -0.2) is 34.6 Å². The van der Waals surface area contributed by atoms with Gasteiger partial charge in [-0.05, 0) is 79.1 Å². The molecular weight excluding hydrogens is 699 g/mol. The van der Waals surface area contributed by atoms with E-state index >= 15 is 0 Å². The molecule has 252 valence electrons. The number of hydrogen-bond acceptors (Lipinski definition) is 7. The zero-order valence-corrected chi connectivity index (χ0v) is 28.0. The lowest BCUT2D eigenvalue weighted by atomic mass is 9.68. The Morgan fingerprint density at radius 3 is 2.53 bits per heavy atom. The molecule has 14 heteroatoms. The van der Waals surface area contributed by atoms with Crippen molar-refractivity contribution in [1.82, 2.24) is 4.98 Å². The van der Waals surface area contributed by atoms with Crippen LogP contribution >= 0.6 is 34.7 Å². The van der Waals surface area contributed by atoms with Crippen molar-refractivity contribution in [3.05, 3.63) is 103 Å². The summed E-state index contributed by atoms with van der Waals surface area (Å²) < 4.78 is 48.2. The molecule has 2 aliphatic heterocycles. The van der Waals surface area contributed by atoms with Gasteiger partial charge in [0.25, 0.3) is 5.91 Å². The van der Waals surface area contributed by atoms with E-state index in [9.17, 15) is 32.3 Å². The van der Waals surface area contributed by atoms with Gasteiger partial charge in [0, 0.05) is 32.3 Å². The molecule has 3 amide bonds. The SMILES string of the molecule is Cc1cccc(NC(=O)COc2ccc(Cl)cc2[C@@H]2c3sc(=O)[nH]c3S[C@@H]3[C@@H]4C[C@@H]([C@@H]5C(=O)N(c6ccccc6C(F)(F)F)C(=O)[C@@H]45)[C@H]23)c1. The minimum absolute atomic E-state index is 0.222. The molecule has 1 aromatic heterocycles. The molecule has 3 fully saturated rings. The van der Waals surface area contributed by atoms with E-state index in [-0.39, 0.29) is 40.4 Å². The maximum atomic E-state index is 14.1. The van der Waals surface area contributed by atoms with Crippen molar-refractivity contribution < 1.29 is 32.3 Å². The van der Waals surface area contributed by atoms with Gasteiger partial charge in [-0.15, -0.1) is 11.8 Å². The van der Waals surface area contributed by atoms with Gasteiger partial charge in [-0.3, -0.25) is 19.2 Å². The second-order valence-corrected chi connectivity index (χ2v) is 15.5. The Morgan fingerprint density at radius 2 is 1.78 bits per heavy atom. The number of thiazole rings is 1. The summed E-state index contributed by atoms with van der Waals surface area (Å²) in [6.07, 6.45) is -4.22. The highest BCUT2D eigenvalue weighted by molar-refractivity contribution is 8.00. The van der Waals surface area contributed by atoms with Crippen LogP contribution in [0.3, 0.4) is 0 Å². The highest BCUT2D eigenvalue weighted by Gasteiger charge is 2.70. The number of amides is 3. The Kier molecular flexibility index (Phi) is 7.72. The quantitative estimate of drug-likeness (QED) is 0.205. The minimum Gasteiger partial charge on any atom is -0.483 e. The van der Waals surface area contributed by atoms with Gasteiger partial charge in [-0.1, -0.05) is 47.2 Å². The summed E-state index contributed by atoms with van der Waals surface area (Å²) in [5, 5.41) is 3.64. The summed E-state index contributed by atoms with van der Waals surface area (Å²) in [4.78, 5) is 57.8. The van der Waals surface area contributed by atoms with Gasteiger partial charge in [-0.2, -0.15) is 13.2 Å². The average Bonchev–Trinajstić information content (AvgIpc) is 3.78. The minimum atomic E-state index is -4.76. The Hall–Kier alpha value is -4.07. The number of benzene rings is 3. The molecular formula is C35H27ClF3N3O5S2. The lowest BCUT2D eigenvalue weighted by Gasteiger charge is -2.43. The average molecular weight is 726 g/mol. The van der Waals surface area contributed by atoms with E-state index in [0.717, 1.165) is 32.7 Å². The number of carbonyl (C=O) groups is 3. The number of nitrogens with one attached hydrogen (secondary N) is 2. The van der Waals surface area contributed by atoms with Gasteiger partial charge < -0.3 is 15.0 Å². The molecule has 0 unspecified atom stereocenters. The molecule has 2 saturated carbocycles. The van der Waals surface area contributed by atoms with Crippen molar-refractivity contribution in [2.75, 3.05) is 16.8 Å². The van der Waals surface area contributed by atoms with Crippen LogP contribution < -0.4 is 19.8 Å². The van der Waals surface area contributed by atoms with E-state index in [0.29, 0.717) is 33.5 Å². The highest BCUT2D eigenvalue weighted by Crippen LogP contribution is 2.69. The van der Waals surface area contributed by atoms with Crippen LogP contribution in [-0.2, 0) is 20.6 Å². The van der Waals surface area contributed by atoms with E-state index < -0.39 is 47.0 Å². The molecule has 1 saturated heterocycles. The number of imide groups is 1. The lowest BCUT2D eigenvalue weighted by molar-refractivity contribution is -0.137. The summed E-state index contributed by atoms with van der Waals surface area (Å²) in [6.45, 7) is 1.60. The van der Waals surface area contributed by atoms with Crippen molar-refractivity contribution in [2.45, 2.75) is 35.7 Å². The molecule has 0 spiro atoms. The summed E-state index contributed by atoms with van der Waals surface area (Å²) in [7, 11) is 0. The number of halogens is 4. The topological polar surface area (TPSA) is 109 Å². The zero-order valence-electron chi connectivity index (χ0n) is 25.6. The van der Waals surface area contributed by atoms with Crippen LogP contribution in [0.25, 0.3) is 0 Å². The number of anilines is 2.